The van der Waals surface area contributed by atoms with E-state index in [1.165, 1.54) is 12.8 Å². The predicted molar refractivity (Wildman–Crippen MR) is 226 cm³/mol. The molecule has 0 N–H and O–H groups in total. The Hall–Kier alpha value is -4.03. The Morgan fingerprint density at radius 3 is 2.19 bits per heavy atom. The molecule has 3 amide bonds. The van der Waals surface area contributed by atoms with Gasteiger partial charge >= 0.3 is 6.09 Å². The second-order valence-corrected chi connectivity index (χ2v) is 24.3. The number of benzene rings is 2. The van der Waals surface area contributed by atoms with E-state index in [0.29, 0.717) is 59.7 Å². The highest BCUT2D eigenvalue weighted by Gasteiger charge is 2.60. The lowest BCUT2D eigenvalue weighted by Crippen LogP contribution is -2.58. The second-order valence-electron chi connectivity index (χ2n) is 19.6. The molecule has 8 rings (SSSR count). The Kier molecular flexibility index (Phi) is 10.7. The highest BCUT2D eigenvalue weighted by molar-refractivity contribution is 6.74. The molecule has 0 radical (unpaired) electrons. The summed E-state index contributed by atoms with van der Waals surface area (Å²) < 4.78 is 31.3. The first-order valence-corrected chi connectivity index (χ1v) is 24.5. The summed E-state index contributed by atoms with van der Waals surface area (Å²) in [6.45, 7) is 19.2. The summed E-state index contributed by atoms with van der Waals surface area (Å²) in [5, 5.41) is -0.125. The number of ether oxygens (including phenoxy) is 4. The Bertz CT molecular complexity index is 1970. The Labute approximate surface area is 345 Å². The van der Waals surface area contributed by atoms with Crippen LogP contribution in [0.5, 0.6) is 17.2 Å². The average Bonchev–Trinajstić information content (AvgIpc) is 4.06. The van der Waals surface area contributed by atoms with Gasteiger partial charge in [-0.15, -0.1) is 0 Å². The molecule has 4 fully saturated rings. The molecule has 2 spiro atoms. The maximum absolute atomic E-state index is 14.5. The Morgan fingerprint density at radius 2 is 1.53 bits per heavy atom. The first-order chi connectivity index (χ1) is 27.6. The van der Waals surface area contributed by atoms with E-state index >= 15 is 0 Å². The van der Waals surface area contributed by atoms with Crippen molar-refractivity contribution in [3.8, 4) is 17.2 Å². The van der Waals surface area contributed by atoms with Crippen molar-refractivity contribution in [1.82, 2.24) is 9.80 Å². The number of carbonyl (C=O) groups excluding carboxylic acids is 3. The topological polar surface area (TPSA) is 107 Å². The highest BCUT2D eigenvalue weighted by atomic mass is 28.4. The molecule has 3 atom stereocenters. The fraction of sp³-hybridized carbons (Fsp3) is 0.630. The number of anilines is 1. The third-order valence-corrected chi connectivity index (χ3v) is 18.8. The molecule has 2 saturated carbocycles. The van der Waals surface area contributed by atoms with E-state index in [1.807, 2.05) is 36.1 Å². The fourth-order valence-electron chi connectivity index (χ4n) is 9.49. The van der Waals surface area contributed by atoms with Crippen molar-refractivity contribution in [3.05, 3.63) is 59.2 Å². The maximum atomic E-state index is 14.5. The lowest BCUT2D eigenvalue weighted by molar-refractivity contribution is 0.0528. The third-order valence-electron chi connectivity index (χ3n) is 14.4. The van der Waals surface area contributed by atoms with E-state index in [2.05, 4.69) is 45.3 Å². The second kappa shape index (κ2) is 15.2. The van der Waals surface area contributed by atoms with Crippen LogP contribution in [0.15, 0.2) is 36.9 Å². The summed E-state index contributed by atoms with van der Waals surface area (Å²) in [4.78, 5) is 47.9. The van der Waals surface area contributed by atoms with Crippen molar-refractivity contribution in [2.45, 2.75) is 135 Å². The van der Waals surface area contributed by atoms with Gasteiger partial charge in [0.05, 0.1) is 37.6 Å². The number of rotatable bonds is 13. The number of hydrogen-bond acceptors (Lipinski definition) is 8. The van der Waals surface area contributed by atoms with Crippen LogP contribution < -0.4 is 19.1 Å². The van der Waals surface area contributed by atoms with E-state index in [-0.39, 0.29) is 34.9 Å². The predicted octanol–water partition coefficient (Wildman–Crippen LogP) is 9.06. The minimum absolute atomic E-state index is 0.0429. The van der Waals surface area contributed by atoms with Crippen molar-refractivity contribution >= 4 is 31.9 Å². The van der Waals surface area contributed by atoms with Crippen LogP contribution in [0, 0.1) is 17.8 Å². The number of unbranched alkanes of at least 4 members (excludes halogenated alkanes) is 2. The largest absolute Gasteiger partial charge is 0.493 e. The summed E-state index contributed by atoms with van der Waals surface area (Å²) >= 11 is 0. The molecule has 2 aromatic carbocycles. The molecule has 2 saturated heterocycles. The quantitative estimate of drug-likeness (QED) is 0.112. The molecule has 4 heterocycles. The molecular weight excluding hydrogens is 751 g/mol. The molecule has 0 aromatic heterocycles. The van der Waals surface area contributed by atoms with Gasteiger partial charge in [0.15, 0.2) is 26.0 Å². The summed E-state index contributed by atoms with van der Waals surface area (Å²) in [6, 6.07) is 7.64. The molecular formula is C46H63N3O8Si. The van der Waals surface area contributed by atoms with E-state index in [4.69, 9.17) is 23.4 Å². The Balaban J connectivity index is 0.938. The number of hydrogen-bond donors (Lipinski definition) is 0. The van der Waals surface area contributed by atoms with Gasteiger partial charge in [-0.1, -0.05) is 33.4 Å². The summed E-state index contributed by atoms with van der Waals surface area (Å²) in [5.41, 5.74) is 4.03. The summed E-state index contributed by atoms with van der Waals surface area (Å²) in [5.74, 6) is 1.95. The van der Waals surface area contributed by atoms with E-state index in [9.17, 15) is 14.4 Å². The monoisotopic (exact) mass is 813 g/mol. The van der Waals surface area contributed by atoms with Crippen LogP contribution in [0.4, 0.5) is 10.5 Å². The van der Waals surface area contributed by atoms with E-state index in [0.717, 1.165) is 81.0 Å². The molecule has 314 valence electrons. The van der Waals surface area contributed by atoms with Crippen molar-refractivity contribution in [2.24, 2.45) is 10.8 Å². The molecule has 12 heteroatoms. The first-order valence-electron chi connectivity index (χ1n) is 21.6. The van der Waals surface area contributed by atoms with Gasteiger partial charge in [-0.2, -0.15) is 0 Å². The van der Waals surface area contributed by atoms with E-state index in [1.54, 1.807) is 18.1 Å². The number of fused-ring (bicyclic) bond motifs is 4. The number of nitrogens with zero attached hydrogens (tertiary/aromatic N) is 3. The summed E-state index contributed by atoms with van der Waals surface area (Å²) in [6.07, 6.45) is 11.2. The lowest BCUT2D eigenvalue weighted by atomic mass is 9.97. The van der Waals surface area contributed by atoms with Crippen LogP contribution in [-0.4, -0.2) is 94.4 Å². The molecule has 6 aliphatic rings. The van der Waals surface area contributed by atoms with Gasteiger partial charge in [-0.05, 0) is 136 Å². The van der Waals surface area contributed by atoms with Crippen molar-refractivity contribution < 1.29 is 37.8 Å². The minimum Gasteiger partial charge on any atom is -0.493 e. The number of carbonyl (C=O) groups is 3. The fourth-order valence-corrected chi connectivity index (χ4v) is 10.7. The molecule has 2 aromatic rings. The highest BCUT2D eigenvalue weighted by Crippen LogP contribution is 2.58. The molecule has 11 nitrogen and oxygen atoms in total. The van der Waals surface area contributed by atoms with Crippen LogP contribution in [-0.2, 0) is 15.6 Å². The molecule has 4 aliphatic heterocycles. The first kappa shape index (κ1) is 40.7. The van der Waals surface area contributed by atoms with Gasteiger partial charge in [-0.25, -0.2) is 9.69 Å². The molecule has 58 heavy (non-hydrogen) atoms. The number of amides is 3. The van der Waals surface area contributed by atoms with Crippen LogP contribution >= 0.6 is 0 Å². The van der Waals surface area contributed by atoms with Gasteiger partial charge in [0.25, 0.3) is 11.8 Å². The van der Waals surface area contributed by atoms with Crippen molar-refractivity contribution in [3.63, 3.8) is 0 Å². The SMILES string of the molecule is C=CCOC(=O)N1c2cc(OCCCCCOc3cc4c(cc3OC)C(=O)N3CC5(CC5)CC3CC4)c(C)cc2C(=O)N2CC3(CC3)C[C@H]2C1O[Si](C)(C)C(C)(C)C. The third kappa shape index (κ3) is 7.64. The van der Waals surface area contributed by atoms with Gasteiger partial charge in [0, 0.05) is 30.8 Å². The minimum atomic E-state index is -2.44. The number of methoxy groups -OCH3 is 1. The summed E-state index contributed by atoms with van der Waals surface area (Å²) in [7, 11) is -0.813. The zero-order chi connectivity index (χ0) is 41.2. The van der Waals surface area contributed by atoms with Crippen molar-refractivity contribution in [1.29, 1.82) is 0 Å². The zero-order valence-electron chi connectivity index (χ0n) is 35.7. The molecule has 2 aliphatic carbocycles. The maximum Gasteiger partial charge on any atom is 0.416 e. The standard InChI is InChI=1S/C46H63N3O8Si/c1-9-19-56-43(52)49-35-25-37(30(2)22-34(35)41(51)48-29-46(17-18-46)27-36(48)42(49)57-58(7,8)44(3,4)5)54-20-11-10-12-21-55-39-23-31-13-14-32-26-45(15-16-45)28-47(32)40(50)33(31)24-38(39)53-6/h9,22-25,32,36,42H,1,10-21,26-29H2,2-8H3/t32?,36-,42?/m0/s1. The van der Waals surface area contributed by atoms with Crippen LogP contribution in [0.1, 0.15) is 117 Å². The molecule has 2 unspecified atom stereocenters. The van der Waals surface area contributed by atoms with Gasteiger partial charge in [0.2, 0.25) is 0 Å². The smallest absolute Gasteiger partial charge is 0.416 e. The Morgan fingerprint density at radius 1 is 0.879 bits per heavy atom. The zero-order valence-corrected chi connectivity index (χ0v) is 36.7. The van der Waals surface area contributed by atoms with Crippen LogP contribution in [0.3, 0.4) is 0 Å². The normalized spacial score (nSPS) is 23.8. The lowest BCUT2D eigenvalue weighted by Gasteiger charge is -2.44. The number of aryl methyl sites for hydroxylation is 2. The van der Waals surface area contributed by atoms with Crippen LogP contribution in [0.2, 0.25) is 18.1 Å². The van der Waals surface area contributed by atoms with E-state index < -0.39 is 20.6 Å². The van der Waals surface area contributed by atoms with Gasteiger partial charge in [0.1, 0.15) is 12.4 Å². The van der Waals surface area contributed by atoms with Gasteiger partial charge < -0.3 is 33.2 Å². The van der Waals surface area contributed by atoms with Crippen molar-refractivity contribution in [2.75, 3.05) is 44.9 Å². The molecule has 0 bridgehead atoms. The van der Waals surface area contributed by atoms with Crippen LogP contribution in [0.25, 0.3) is 0 Å². The average molecular weight is 814 g/mol. The van der Waals surface area contributed by atoms with Gasteiger partial charge in [-0.3, -0.25) is 9.59 Å².